The topological polar surface area (TPSA) is 91.0 Å². The van der Waals surface area contributed by atoms with Gasteiger partial charge in [0.05, 0.1) is 10.9 Å². The third-order valence-electron chi connectivity index (χ3n) is 3.52. The fraction of sp³-hybridized carbons (Fsp3) is 0.0556. The zero-order valence-corrected chi connectivity index (χ0v) is 13.3. The van der Waals surface area contributed by atoms with Crippen LogP contribution in [0, 0.1) is 0 Å². The molecule has 23 heavy (non-hydrogen) atoms. The highest BCUT2D eigenvalue weighted by atomic mass is 32.2. The normalized spacial score (nSPS) is 10.8. The molecule has 116 valence electrons. The van der Waals surface area contributed by atoms with Crippen LogP contribution in [0.2, 0.25) is 0 Å². The molecule has 0 fully saturated rings. The summed E-state index contributed by atoms with van der Waals surface area (Å²) in [7, 11) is 0. The molecule has 1 aromatic heterocycles. The fourth-order valence-electron chi connectivity index (χ4n) is 2.38. The molecule has 0 aliphatic heterocycles. The van der Waals surface area contributed by atoms with Gasteiger partial charge in [-0.25, -0.2) is 4.98 Å². The summed E-state index contributed by atoms with van der Waals surface area (Å²) in [4.78, 5) is 4.84. The van der Waals surface area contributed by atoms with Crippen LogP contribution in [-0.2, 0) is 0 Å². The van der Waals surface area contributed by atoms with Gasteiger partial charge in [-0.05, 0) is 17.2 Å². The lowest BCUT2D eigenvalue weighted by atomic mass is 10.0. The van der Waals surface area contributed by atoms with E-state index in [1.165, 1.54) is 11.1 Å². The minimum absolute atomic E-state index is 0.0981. The standard InChI is InChI=1S/C18H18N4S/c19-15-11-14(16(20)18(21)22-15)23-17(12-7-3-1-4-8-12)13-9-5-2-6-10-13/h1-11,17H,20H2,(H4,19,21,22). The Morgan fingerprint density at radius 3 is 1.83 bits per heavy atom. The molecular weight excluding hydrogens is 304 g/mol. The van der Waals surface area contributed by atoms with Crippen molar-refractivity contribution in [3.8, 4) is 0 Å². The lowest BCUT2D eigenvalue weighted by Crippen LogP contribution is -2.04. The average molecular weight is 322 g/mol. The summed E-state index contributed by atoms with van der Waals surface area (Å²) >= 11 is 1.62. The summed E-state index contributed by atoms with van der Waals surface area (Å²) in [6, 6.07) is 22.3. The third kappa shape index (κ3) is 3.40. The van der Waals surface area contributed by atoms with Crippen molar-refractivity contribution >= 4 is 29.1 Å². The first-order chi connectivity index (χ1) is 11.1. The third-order valence-corrected chi connectivity index (χ3v) is 4.89. The van der Waals surface area contributed by atoms with E-state index in [9.17, 15) is 0 Å². The predicted molar refractivity (Wildman–Crippen MR) is 98.1 cm³/mol. The quantitative estimate of drug-likeness (QED) is 0.637. The SMILES string of the molecule is Nc1cc(SC(c2ccccc2)c2ccccc2)c(N)c(N)n1. The Bertz CT molecular complexity index is 751. The molecule has 0 saturated carbocycles. The Balaban J connectivity index is 2.04. The molecule has 0 aliphatic carbocycles. The summed E-state index contributed by atoms with van der Waals surface area (Å²) in [6.45, 7) is 0. The largest absolute Gasteiger partial charge is 0.395 e. The smallest absolute Gasteiger partial charge is 0.150 e. The highest BCUT2D eigenvalue weighted by molar-refractivity contribution is 8.00. The molecule has 0 aliphatic rings. The van der Waals surface area contributed by atoms with E-state index in [2.05, 4.69) is 29.2 Å². The maximum absolute atomic E-state index is 6.09. The van der Waals surface area contributed by atoms with E-state index < -0.39 is 0 Å². The van der Waals surface area contributed by atoms with Crippen LogP contribution in [0.15, 0.2) is 71.6 Å². The molecule has 4 nitrogen and oxygen atoms in total. The monoisotopic (exact) mass is 322 g/mol. The molecule has 0 atom stereocenters. The Morgan fingerprint density at radius 1 is 0.783 bits per heavy atom. The Hall–Kier alpha value is -2.66. The van der Waals surface area contributed by atoms with Gasteiger partial charge in [-0.15, -0.1) is 11.8 Å². The highest BCUT2D eigenvalue weighted by Crippen LogP contribution is 2.43. The number of pyridine rings is 1. The van der Waals surface area contributed by atoms with Crippen molar-refractivity contribution in [2.45, 2.75) is 10.1 Å². The van der Waals surface area contributed by atoms with E-state index in [0.717, 1.165) is 4.90 Å². The molecule has 6 N–H and O–H groups in total. The van der Waals surface area contributed by atoms with E-state index in [0.29, 0.717) is 11.5 Å². The van der Waals surface area contributed by atoms with Crippen LogP contribution in [0.1, 0.15) is 16.4 Å². The maximum Gasteiger partial charge on any atom is 0.150 e. The molecule has 0 saturated heterocycles. The summed E-state index contributed by atoms with van der Waals surface area (Å²) < 4.78 is 0. The van der Waals surface area contributed by atoms with Crippen molar-refractivity contribution in [3.63, 3.8) is 0 Å². The van der Waals surface area contributed by atoms with E-state index in [-0.39, 0.29) is 11.1 Å². The van der Waals surface area contributed by atoms with Gasteiger partial charge >= 0.3 is 0 Å². The molecule has 3 rings (SSSR count). The Kier molecular flexibility index (Phi) is 4.39. The highest BCUT2D eigenvalue weighted by Gasteiger charge is 2.18. The minimum atomic E-state index is 0.0981. The van der Waals surface area contributed by atoms with Gasteiger partial charge in [0.2, 0.25) is 0 Å². The van der Waals surface area contributed by atoms with Crippen LogP contribution in [0.5, 0.6) is 0 Å². The first kappa shape index (κ1) is 15.2. The number of nitrogens with two attached hydrogens (primary N) is 3. The Labute approximate surface area is 139 Å². The lowest BCUT2D eigenvalue weighted by molar-refractivity contribution is 1.15. The number of nitrogen functional groups attached to an aromatic ring is 3. The summed E-state index contributed by atoms with van der Waals surface area (Å²) in [5.74, 6) is 0.645. The van der Waals surface area contributed by atoms with Crippen molar-refractivity contribution in [1.82, 2.24) is 4.98 Å². The lowest BCUT2D eigenvalue weighted by Gasteiger charge is -2.19. The number of hydrogen-bond acceptors (Lipinski definition) is 5. The number of anilines is 3. The van der Waals surface area contributed by atoms with Gasteiger partial charge in [0.25, 0.3) is 0 Å². The van der Waals surface area contributed by atoms with Gasteiger partial charge in [-0.2, -0.15) is 0 Å². The van der Waals surface area contributed by atoms with E-state index in [4.69, 9.17) is 17.2 Å². The van der Waals surface area contributed by atoms with Gasteiger partial charge in [0, 0.05) is 4.90 Å². The van der Waals surface area contributed by atoms with Crippen LogP contribution < -0.4 is 17.2 Å². The van der Waals surface area contributed by atoms with Gasteiger partial charge in [0.15, 0.2) is 0 Å². The number of nitrogens with zero attached hydrogens (tertiary/aromatic N) is 1. The molecule has 0 unspecified atom stereocenters. The van der Waals surface area contributed by atoms with Crippen molar-refractivity contribution in [1.29, 1.82) is 0 Å². The minimum Gasteiger partial charge on any atom is -0.395 e. The molecule has 5 heteroatoms. The van der Waals surface area contributed by atoms with Crippen LogP contribution in [0.4, 0.5) is 17.3 Å². The molecule has 0 spiro atoms. The molecular formula is C18H18N4S. The zero-order valence-electron chi connectivity index (χ0n) is 12.5. The molecule has 0 bridgehead atoms. The van der Waals surface area contributed by atoms with Gasteiger partial charge in [-0.3, -0.25) is 0 Å². The van der Waals surface area contributed by atoms with Crippen molar-refractivity contribution < 1.29 is 0 Å². The number of aromatic nitrogens is 1. The van der Waals surface area contributed by atoms with Crippen LogP contribution in [0.3, 0.4) is 0 Å². The second-order valence-corrected chi connectivity index (χ2v) is 6.31. The predicted octanol–water partition coefficient (Wildman–Crippen LogP) is 3.71. The summed E-state index contributed by atoms with van der Waals surface area (Å²) in [5, 5.41) is 0.0981. The summed E-state index contributed by atoms with van der Waals surface area (Å²) in [6.07, 6.45) is 0. The second kappa shape index (κ2) is 6.62. The van der Waals surface area contributed by atoms with Crippen molar-refractivity contribution in [2.24, 2.45) is 0 Å². The van der Waals surface area contributed by atoms with E-state index >= 15 is 0 Å². The molecule has 0 radical (unpaired) electrons. The first-order valence-electron chi connectivity index (χ1n) is 7.23. The molecule has 0 amide bonds. The van der Waals surface area contributed by atoms with Gasteiger partial charge in [-0.1, -0.05) is 60.7 Å². The average Bonchev–Trinajstić information content (AvgIpc) is 2.58. The summed E-state index contributed by atoms with van der Waals surface area (Å²) in [5.41, 5.74) is 20.6. The van der Waals surface area contributed by atoms with Crippen molar-refractivity contribution in [3.05, 3.63) is 77.9 Å². The van der Waals surface area contributed by atoms with Gasteiger partial charge in [0.1, 0.15) is 11.6 Å². The Morgan fingerprint density at radius 2 is 1.30 bits per heavy atom. The van der Waals surface area contributed by atoms with Crippen LogP contribution in [0.25, 0.3) is 0 Å². The van der Waals surface area contributed by atoms with Crippen LogP contribution in [-0.4, -0.2) is 4.98 Å². The number of rotatable bonds is 4. The number of thioether (sulfide) groups is 1. The molecule has 1 heterocycles. The number of hydrogen-bond donors (Lipinski definition) is 3. The molecule has 3 aromatic rings. The number of benzene rings is 2. The second-order valence-electron chi connectivity index (χ2n) is 5.16. The maximum atomic E-state index is 6.09. The van der Waals surface area contributed by atoms with Crippen molar-refractivity contribution in [2.75, 3.05) is 17.2 Å². The molecule has 2 aromatic carbocycles. The van der Waals surface area contributed by atoms with Crippen LogP contribution >= 0.6 is 11.8 Å². The van der Waals surface area contributed by atoms with Gasteiger partial charge < -0.3 is 17.2 Å². The van der Waals surface area contributed by atoms with E-state index in [1.807, 2.05) is 36.4 Å². The zero-order chi connectivity index (χ0) is 16.2. The fourth-order valence-corrected chi connectivity index (χ4v) is 3.64. The van der Waals surface area contributed by atoms with E-state index in [1.54, 1.807) is 17.8 Å². The first-order valence-corrected chi connectivity index (χ1v) is 8.11.